The van der Waals surface area contributed by atoms with Crippen LogP contribution in [0.25, 0.3) is 0 Å². The van der Waals surface area contributed by atoms with Crippen molar-refractivity contribution in [1.82, 2.24) is 4.90 Å². The van der Waals surface area contributed by atoms with Crippen LogP contribution in [0, 0.1) is 5.41 Å². The Morgan fingerprint density at radius 2 is 1.94 bits per heavy atom. The van der Waals surface area contributed by atoms with Gasteiger partial charge >= 0.3 is 0 Å². The number of para-hydroxylation sites is 1. The molecule has 7 heteroatoms. The number of allylic oxidation sites excluding steroid dienone is 2. The Balaban J connectivity index is 1.71. The van der Waals surface area contributed by atoms with Crippen molar-refractivity contribution in [3.8, 4) is 5.75 Å². The SMILES string of the molecule is [2H]C1(Nc2c(Nc3cccc(C(=O)N(C)C)c3O)c(=O)c2=O)C2=C(CC=C2)CCC1(C)C. The van der Waals surface area contributed by atoms with Gasteiger partial charge in [-0.15, -0.1) is 0 Å². The van der Waals surface area contributed by atoms with Crippen LogP contribution in [0.5, 0.6) is 5.75 Å². The molecule has 0 aliphatic heterocycles. The zero-order chi connectivity index (χ0) is 23.4. The summed E-state index contributed by atoms with van der Waals surface area (Å²) in [5, 5.41) is 16.5. The molecule has 0 saturated heterocycles. The van der Waals surface area contributed by atoms with E-state index in [9.17, 15) is 20.9 Å². The minimum Gasteiger partial charge on any atom is -0.505 e. The molecule has 2 aromatic rings. The maximum absolute atomic E-state index is 12.5. The minimum atomic E-state index is -1.28. The second kappa shape index (κ2) is 7.41. The quantitative estimate of drug-likeness (QED) is 0.505. The zero-order valence-corrected chi connectivity index (χ0v) is 18.1. The number of phenols is 1. The van der Waals surface area contributed by atoms with Gasteiger partial charge in [0.15, 0.2) is 5.75 Å². The topological polar surface area (TPSA) is 98.7 Å². The van der Waals surface area contributed by atoms with Crippen molar-refractivity contribution in [2.75, 3.05) is 24.7 Å². The van der Waals surface area contributed by atoms with Gasteiger partial charge in [-0.3, -0.25) is 14.4 Å². The van der Waals surface area contributed by atoms with E-state index in [1.807, 2.05) is 26.0 Å². The molecule has 2 aromatic carbocycles. The monoisotopic (exact) mass is 422 g/mol. The van der Waals surface area contributed by atoms with Crippen LogP contribution in [0.4, 0.5) is 17.1 Å². The van der Waals surface area contributed by atoms with E-state index in [0.717, 1.165) is 24.8 Å². The third-order valence-corrected chi connectivity index (χ3v) is 6.12. The average molecular weight is 423 g/mol. The highest BCUT2D eigenvalue weighted by Crippen LogP contribution is 2.44. The lowest BCUT2D eigenvalue weighted by Crippen LogP contribution is -2.45. The fourth-order valence-corrected chi connectivity index (χ4v) is 4.18. The molecule has 0 heterocycles. The summed E-state index contributed by atoms with van der Waals surface area (Å²) >= 11 is 0. The van der Waals surface area contributed by atoms with E-state index < -0.39 is 28.2 Å². The van der Waals surface area contributed by atoms with E-state index in [0.29, 0.717) is 0 Å². The molecular formula is C24H27N3O4. The van der Waals surface area contributed by atoms with Gasteiger partial charge in [0.2, 0.25) is 0 Å². The normalized spacial score (nSPS) is 22.3. The highest BCUT2D eigenvalue weighted by Gasteiger charge is 2.39. The van der Waals surface area contributed by atoms with Crippen molar-refractivity contribution in [2.45, 2.75) is 39.1 Å². The number of hydrogen-bond acceptors (Lipinski definition) is 6. The largest absolute Gasteiger partial charge is 0.505 e. The number of phenolic OH excluding ortho intramolecular Hbond substituents is 1. The summed E-state index contributed by atoms with van der Waals surface area (Å²) in [5.41, 5.74) is 0.307. The van der Waals surface area contributed by atoms with E-state index in [-0.39, 0.29) is 28.4 Å². The number of rotatable bonds is 5. The van der Waals surface area contributed by atoms with Gasteiger partial charge in [0, 0.05) is 14.1 Å². The molecule has 0 bridgehead atoms. The van der Waals surface area contributed by atoms with E-state index in [4.69, 9.17) is 0 Å². The van der Waals surface area contributed by atoms with Gasteiger partial charge in [0.05, 0.1) is 18.6 Å². The number of aromatic hydroxyl groups is 1. The Kier molecular flexibility index (Phi) is 4.68. The van der Waals surface area contributed by atoms with Crippen molar-refractivity contribution in [1.29, 1.82) is 0 Å². The van der Waals surface area contributed by atoms with Gasteiger partial charge in [-0.05, 0) is 42.4 Å². The van der Waals surface area contributed by atoms with Gasteiger partial charge in [0.1, 0.15) is 11.4 Å². The van der Waals surface area contributed by atoms with Crippen LogP contribution in [0.1, 0.15) is 44.8 Å². The summed E-state index contributed by atoms with van der Waals surface area (Å²) < 4.78 is 9.28. The van der Waals surface area contributed by atoms with Gasteiger partial charge < -0.3 is 20.6 Å². The second-order valence-electron chi connectivity index (χ2n) is 8.94. The van der Waals surface area contributed by atoms with Gasteiger partial charge in [-0.1, -0.05) is 37.6 Å². The van der Waals surface area contributed by atoms with Crippen LogP contribution in [0.2, 0.25) is 0 Å². The Bertz CT molecular complexity index is 1250. The molecule has 0 saturated carbocycles. The average Bonchev–Trinajstić information content (AvgIpc) is 3.24. The standard InChI is InChI=1S/C24H27N3O4/c1-24(2)12-11-13-7-5-8-14(13)22(24)26-18-17(20(29)21(18)30)25-16-10-6-9-15(19(16)28)23(31)27(3)4/h5-6,8-10,22,25-26,28H,7,11-12H2,1-4H3/i22D. The molecule has 1 amide bonds. The van der Waals surface area contributed by atoms with E-state index in [2.05, 4.69) is 10.6 Å². The van der Waals surface area contributed by atoms with E-state index in [1.54, 1.807) is 20.2 Å². The first kappa shape index (κ1) is 19.6. The number of amides is 1. The number of hydrogen-bond donors (Lipinski definition) is 3. The molecule has 1 unspecified atom stereocenters. The van der Waals surface area contributed by atoms with Crippen LogP contribution >= 0.6 is 0 Å². The maximum Gasteiger partial charge on any atom is 0.257 e. The Labute approximate surface area is 182 Å². The summed E-state index contributed by atoms with van der Waals surface area (Å²) in [5.74, 6) is -0.705. The molecule has 4 rings (SSSR count). The van der Waals surface area contributed by atoms with E-state index >= 15 is 0 Å². The molecular weight excluding hydrogens is 394 g/mol. The minimum absolute atomic E-state index is 0.0168. The fraction of sp³-hybridized carbons (Fsp3) is 0.375. The summed E-state index contributed by atoms with van der Waals surface area (Å²) in [7, 11) is 3.14. The maximum atomic E-state index is 12.5. The lowest BCUT2D eigenvalue weighted by atomic mass is 9.70. The summed E-state index contributed by atoms with van der Waals surface area (Å²) in [4.78, 5) is 38.5. The van der Waals surface area contributed by atoms with Crippen molar-refractivity contribution in [3.63, 3.8) is 0 Å². The summed E-state index contributed by atoms with van der Waals surface area (Å²) in [6, 6.07) is 3.29. The van der Waals surface area contributed by atoms with Crippen molar-refractivity contribution >= 4 is 23.0 Å². The first-order valence-electron chi connectivity index (χ1n) is 10.8. The molecule has 0 radical (unpaired) electrons. The third kappa shape index (κ3) is 3.44. The predicted molar refractivity (Wildman–Crippen MR) is 122 cm³/mol. The summed E-state index contributed by atoms with van der Waals surface area (Å²) in [6.07, 6.45) is 6.42. The molecule has 162 valence electrons. The zero-order valence-electron chi connectivity index (χ0n) is 19.1. The van der Waals surface area contributed by atoms with Crippen LogP contribution in [-0.2, 0) is 0 Å². The molecule has 31 heavy (non-hydrogen) atoms. The summed E-state index contributed by atoms with van der Waals surface area (Å²) in [6.45, 7) is 3.95. The number of carbonyl (C=O) groups is 1. The van der Waals surface area contributed by atoms with Crippen molar-refractivity contribution in [2.24, 2.45) is 5.41 Å². The van der Waals surface area contributed by atoms with Crippen LogP contribution in [0.15, 0.2) is 51.1 Å². The smallest absolute Gasteiger partial charge is 0.257 e. The highest BCUT2D eigenvalue weighted by atomic mass is 16.3. The van der Waals surface area contributed by atoms with Gasteiger partial charge in [-0.25, -0.2) is 0 Å². The van der Waals surface area contributed by atoms with Crippen molar-refractivity contribution < 1.29 is 11.3 Å². The van der Waals surface area contributed by atoms with Gasteiger partial charge in [-0.2, -0.15) is 0 Å². The fourth-order valence-electron chi connectivity index (χ4n) is 4.18. The van der Waals surface area contributed by atoms with Gasteiger partial charge in [0.25, 0.3) is 16.8 Å². The lowest BCUT2D eigenvalue weighted by Gasteiger charge is -2.41. The molecule has 2 aliphatic carbocycles. The van der Waals surface area contributed by atoms with E-state index in [1.165, 1.54) is 22.6 Å². The number of nitrogens with zero attached hydrogens (tertiary/aromatic N) is 1. The van der Waals surface area contributed by atoms with Crippen LogP contribution in [0.3, 0.4) is 0 Å². The number of benzene rings is 1. The Morgan fingerprint density at radius 3 is 2.65 bits per heavy atom. The highest BCUT2D eigenvalue weighted by molar-refractivity contribution is 5.99. The molecule has 2 aliphatic rings. The first-order valence-corrected chi connectivity index (χ1v) is 10.3. The number of nitrogens with one attached hydrogen (secondary N) is 2. The number of anilines is 3. The molecule has 0 spiro atoms. The third-order valence-electron chi connectivity index (χ3n) is 6.12. The van der Waals surface area contributed by atoms with Crippen LogP contribution < -0.4 is 21.5 Å². The Hall–Kier alpha value is -3.35. The van der Waals surface area contributed by atoms with Crippen molar-refractivity contribution in [3.05, 3.63) is 67.5 Å². The number of carbonyl (C=O) groups excluding carboxylic acids is 1. The molecule has 3 N–H and O–H groups in total. The lowest BCUT2D eigenvalue weighted by molar-refractivity contribution is 0.0824. The second-order valence-corrected chi connectivity index (χ2v) is 8.94. The molecule has 0 fully saturated rings. The predicted octanol–water partition coefficient (Wildman–Crippen LogP) is 3.29. The Morgan fingerprint density at radius 1 is 1.23 bits per heavy atom. The molecule has 0 aromatic heterocycles. The van der Waals surface area contributed by atoms with Crippen LogP contribution in [-0.4, -0.2) is 36.0 Å². The molecule has 7 nitrogen and oxygen atoms in total. The first-order chi connectivity index (χ1) is 15.0. The molecule has 1 atom stereocenters.